The van der Waals surface area contributed by atoms with E-state index < -0.39 is 12.0 Å². The van der Waals surface area contributed by atoms with Crippen molar-refractivity contribution in [2.75, 3.05) is 0 Å². The van der Waals surface area contributed by atoms with Crippen LogP contribution in [0.4, 0.5) is 0 Å². The maximum absolute atomic E-state index is 10.7. The molecule has 4 heteroatoms. The van der Waals surface area contributed by atoms with E-state index in [0.717, 1.165) is 5.56 Å². The van der Waals surface area contributed by atoms with E-state index in [4.69, 9.17) is 5.21 Å². The lowest BCUT2D eigenvalue weighted by atomic mass is 10.1. The summed E-state index contributed by atoms with van der Waals surface area (Å²) in [6.07, 6.45) is -1.000. The topological polar surface area (TPSA) is 69.6 Å². The third kappa shape index (κ3) is 2.85. The molecular formula is C9H11NO3. The molecule has 0 radical (unpaired) electrons. The van der Waals surface area contributed by atoms with Gasteiger partial charge < -0.3 is 5.11 Å². The van der Waals surface area contributed by atoms with Crippen molar-refractivity contribution in [2.45, 2.75) is 12.5 Å². The van der Waals surface area contributed by atoms with Crippen molar-refractivity contribution in [3.05, 3.63) is 35.9 Å². The Bertz CT molecular complexity index is 273. The molecule has 0 bridgehead atoms. The van der Waals surface area contributed by atoms with Crippen molar-refractivity contribution in [2.24, 2.45) is 0 Å². The predicted octanol–water partition coefficient (Wildman–Crippen LogP) is 0.0954. The van der Waals surface area contributed by atoms with Gasteiger partial charge in [0.05, 0.1) is 0 Å². The second-order valence-electron chi connectivity index (χ2n) is 2.68. The lowest BCUT2D eigenvalue weighted by Crippen LogP contribution is -2.33. The zero-order valence-electron chi connectivity index (χ0n) is 6.97. The van der Waals surface area contributed by atoms with Crippen LogP contribution < -0.4 is 5.48 Å². The van der Waals surface area contributed by atoms with Crippen LogP contribution in [0, 0.1) is 0 Å². The predicted molar refractivity (Wildman–Crippen MR) is 46.1 cm³/mol. The highest BCUT2D eigenvalue weighted by molar-refractivity contribution is 5.79. The van der Waals surface area contributed by atoms with Crippen LogP contribution in [0.5, 0.6) is 0 Å². The van der Waals surface area contributed by atoms with Gasteiger partial charge in [0.2, 0.25) is 0 Å². The van der Waals surface area contributed by atoms with E-state index in [1.165, 1.54) is 5.48 Å². The van der Waals surface area contributed by atoms with Gasteiger partial charge in [0.15, 0.2) is 0 Å². The smallest absolute Gasteiger partial charge is 0.272 e. The Hall–Kier alpha value is -1.39. The van der Waals surface area contributed by atoms with Gasteiger partial charge in [-0.3, -0.25) is 10.0 Å². The molecule has 0 saturated carbocycles. The molecule has 0 aliphatic heterocycles. The standard InChI is InChI=1S/C9H11NO3/c11-8(9(12)10-13)6-7-4-2-1-3-5-7/h1-5,8,11,13H,6H2,(H,10,12). The first-order valence-corrected chi connectivity index (χ1v) is 3.90. The van der Waals surface area contributed by atoms with E-state index in [1.54, 1.807) is 12.1 Å². The maximum Gasteiger partial charge on any atom is 0.272 e. The van der Waals surface area contributed by atoms with Gasteiger partial charge in [0.1, 0.15) is 6.10 Å². The summed E-state index contributed by atoms with van der Waals surface area (Å²) in [6, 6.07) is 9.08. The van der Waals surface area contributed by atoms with E-state index in [2.05, 4.69) is 0 Å². The molecule has 1 aromatic carbocycles. The van der Waals surface area contributed by atoms with Crippen LogP contribution in [-0.4, -0.2) is 22.3 Å². The molecule has 70 valence electrons. The number of hydrogen-bond donors (Lipinski definition) is 3. The highest BCUT2D eigenvalue weighted by Gasteiger charge is 2.13. The largest absolute Gasteiger partial charge is 0.383 e. The molecule has 13 heavy (non-hydrogen) atoms. The summed E-state index contributed by atoms with van der Waals surface area (Å²) in [5, 5.41) is 17.4. The minimum absolute atomic E-state index is 0.202. The van der Waals surface area contributed by atoms with E-state index in [1.807, 2.05) is 18.2 Å². The van der Waals surface area contributed by atoms with Crippen LogP contribution in [0.25, 0.3) is 0 Å². The van der Waals surface area contributed by atoms with E-state index in [9.17, 15) is 9.90 Å². The Morgan fingerprint density at radius 2 is 2.00 bits per heavy atom. The third-order valence-electron chi connectivity index (χ3n) is 1.68. The van der Waals surface area contributed by atoms with Gasteiger partial charge in [0, 0.05) is 6.42 Å². The van der Waals surface area contributed by atoms with E-state index >= 15 is 0 Å². The number of hydroxylamine groups is 1. The number of hydrogen-bond acceptors (Lipinski definition) is 3. The molecule has 1 rings (SSSR count). The van der Waals surface area contributed by atoms with Crippen molar-refractivity contribution < 1.29 is 15.1 Å². The molecule has 0 heterocycles. The molecule has 0 fully saturated rings. The van der Waals surface area contributed by atoms with E-state index in [-0.39, 0.29) is 6.42 Å². The van der Waals surface area contributed by atoms with Gasteiger partial charge in [-0.25, -0.2) is 5.48 Å². The molecule has 3 N–H and O–H groups in total. The second-order valence-corrected chi connectivity index (χ2v) is 2.68. The van der Waals surface area contributed by atoms with Crippen LogP contribution in [-0.2, 0) is 11.2 Å². The number of carbonyl (C=O) groups excluding carboxylic acids is 1. The molecule has 0 aromatic heterocycles. The highest BCUT2D eigenvalue weighted by atomic mass is 16.5. The molecular weight excluding hydrogens is 170 g/mol. The Labute approximate surface area is 75.8 Å². The minimum atomic E-state index is -1.20. The first-order chi connectivity index (χ1) is 6.24. The molecule has 1 amide bonds. The van der Waals surface area contributed by atoms with Crippen molar-refractivity contribution in [1.29, 1.82) is 0 Å². The van der Waals surface area contributed by atoms with Crippen LogP contribution >= 0.6 is 0 Å². The summed E-state index contributed by atoms with van der Waals surface area (Å²) >= 11 is 0. The number of carbonyl (C=O) groups is 1. The average molecular weight is 181 g/mol. The quantitative estimate of drug-likeness (QED) is 0.457. The Balaban J connectivity index is 2.55. The number of aliphatic hydroxyl groups excluding tert-OH is 1. The summed E-state index contributed by atoms with van der Waals surface area (Å²) in [7, 11) is 0. The monoisotopic (exact) mass is 181 g/mol. The lowest BCUT2D eigenvalue weighted by molar-refractivity contribution is -0.137. The van der Waals surface area contributed by atoms with Gasteiger partial charge in [-0.15, -0.1) is 0 Å². The molecule has 0 aliphatic rings. The van der Waals surface area contributed by atoms with Gasteiger partial charge in [-0.1, -0.05) is 30.3 Å². The molecule has 1 unspecified atom stereocenters. The zero-order valence-corrected chi connectivity index (χ0v) is 6.97. The van der Waals surface area contributed by atoms with Gasteiger partial charge in [-0.05, 0) is 5.56 Å². The SMILES string of the molecule is O=C(NO)C(O)Cc1ccccc1. The number of aliphatic hydroxyl groups is 1. The van der Waals surface area contributed by atoms with Gasteiger partial charge >= 0.3 is 0 Å². The molecule has 0 spiro atoms. The molecule has 1 aromatic rings. The number of rotatable bonds is 3. The van der Waals surface area contributed by atoms with Crippen molar-refractivity contribution >= 4 is 5.91 Å². The van der Waals surface area contributed by atoms with Crippen LogP contribution in [0.15, 0.2) is 30.3 Å². The fourth-order valence-corrected chi connectivity index (χ4v) is 1.00. The lowest BCUT2D eigenvalue weighted by Gasteiger charge is -2.07. The normalized spacial score (nSPS) is 12.2. The molecule has 4 nitrogen and oxygen atoms in total. The van der Waals surface area contributed by atoms with Crippen molar-refractivity contribution in [3.63, 3.8) is 0 Å². The maximum atomic E-state index is 10.7. The van der Waals surface area contributed by atoms with Crippen LogP contribution in [0.3, 0.4) is 0 Å². The zero-order chi connectivity index (χ0) is 9.68. The third-order valence-corrected chi connectivity index (χ3v) is 1.68. The Kier molecular flexibility index (Phi) is 3.42. The second kappa shape index (κ2) is 4.59. The Morgan fingerprint density at radius 3 is 2.54 bits per heavy atom. The number of benzene rings is 1. The fraction of sp³-hybridized carbons (Fsp3) is 0.222. The summed E-state index contributed by atoms with van der Waals surface area (Å²) in [5.41, 5.74) is 2.24. The summed E-state index contributed by atoms with van der Waals surface area (Å²) in [6.45, 7) is 0. The summed E-state index contributed by atoms with van der Waals surface area (Å²) in [4.78, 5) is 10.7. The first-order valence-electron chi connectivity index (χ1n) is 3.90. The number of nitrogens with one attached hydrogen (secondary N) is 1. The van der Waals surface area contributed by atoms with Crippen molar-refractivity contribution in [1.82, 2.24) is 5.48 Å². The Morgan fingerprint density at radius 1 is 1.38 bits per heavy atom. The van der Waals surface area contributed by atoms with Crippen molar-refractivity contribution in [3.8, 4) is 0 Å². The summed E-state index contributed by atoms with van der Waals surface area (Å²) < 4.78 is 0. The molecule has 0 saturated heterocycles. The molecule has 0 aliphatic carbocycles. The minimum Gasteiger partial charge on any atom is -0.383 e. The van der Waals surface area contributed by atoms with E-state index in [0.29, 0.717) is 0 Å². The van der Waals surface area contributed by atoms with Gasteiger partial charge in [-0.2, -0.15) is 0 Å². The summed E-state index contributed by atoms with van der Waals surface area (Å²) in [5.74, 6) is -0.788. The van der Waals surface area contributed by atoms with Crippen LogP contribution in [0.2, 0.25) is 0 Å². The van der Waals surface area contributed by atoms with Gasteiger partial charge in [0.25, 0.3) is 5.91 Å². The van der Waals surface area contributed by atoms with Crippen LogP contribution in [0.1, 0.15) is 5.56 Å². The molecule has 1 atom stereocenters. The highest BCUT2D eigenvalue weighted by Crippen LogP contribution is 2.02. The average Bonchev–Trinajstić information content (AvgIpc) is 2.18. The first kappa shape index (κ1) is 9.70. The fourth-order valence-electron chi connectivity index (χ4n) is 1.00. The number of amides is 1.